The van der Waals surface area contributed by atoms with E-state index in [-0.39, 0.29) is 12.0 Å². The van der Waals surface area contributed by atoms with Gasteiger partial charge in [0.1, 0.15) is 0 Å². The summed E-state index contributed by atoms with van der Waals surface area (Å²) in [6.07, 6.45) is -3.51. The summed E-state index contributed by atoms with van der Waals surface area (Å²) in [4.78, 5) is 0. The maximum absolute atomic E-state index is 12.8. The highest BCUT2D eigenvalue weighted by Gasteiger charge is 2.31. The van der Waals surface area contributed by atoms with Crippen molar-refractivity contribution in [3.8, 4) is 0 Å². The van der Waals surface area contributed by atoms with Crippen LogP contribution in [0.3, 0.4) is 0 Å². The van der Waals surface area contributed by atoms with Gasteiger partial charge in [0, 0.05) is 19.8 Å². The minimum Gasteiger partial charge on any atom is -0.385 e. The van der Waals surface area contributed by atoms with Crippen LogP contribution in [0.4, 0.5) is 13.2 Å². The molecule has 0 saturated carbocycles. The van der Waals surface area contributed by atoms with E-state index in [0.29, 0.717) is 18.7 Å². The molecule has 0 aliphatic rings. The minimum absolute atomic E-state index is 0.0996. The van der Waals surface area contributed by atoms with Crippen molar-refractivity contribution in [3.63, 3.8) is 0 Å². The van der Waals surface area contributed by atoms with Crippen molar-refractivity contribution in [2.75, 3.05) is 20.3 Å². The molecule has 0 saturated heterocycles. The Kier molecular flexibility index (Phi) is 6.49. The van der Waals surface area contributed by atoms with E-state index in [1.165, 1.54) is 12.1 Å². The third-order valence-electron chi connectivity index (χ3n) is 3.34. The molecule has 0 fully saturated rings. The number of hydrogen-bond acceptors (Lipinski definition) is 2. The maximum atomic E-state index is 12.8. The summed E-state index contributed by atoms with van der Waals surface area (Å²) in [5, 5.41) is 3.26. The van der Waals surface area contributed by atoms with Crippen LogP contribution in [0.5, 0.6) is 0 Å². The van der Waals surface area contributed by atoms with E-state index in [4.69, 9.17) is 4.74 Å². The quantitative estimate of drug-likeness (QED) is 0.818. The molecule has 0 spiro atoms. The molecule has 2 atom stereocenters. The Bertz CT molecular complexity index is 406. The van der Waals surface area contributed by atoms with Gasteiger partial charge >= 0.3 is 6.18 Å². The zero-order valence-corrected chi connectivity index (χ0v) is 12.1. The highest BCUT2D eigenvalue weighted by atomic mass is 19.4. The molecule has 5 heteroatoms. The normalized spacial score (nSPS) is 15.1. The molecule has 0 aliphatic carbocycles. The van der Waals surface area contributed by atoms with Gasteiger partial charge in [0.15, 0.2) is 0 Å². The average Bonchev–Trinajstić information content (AvgIpc) is 2.41. The van der Waals surface area contributed by atoms with Crippen molar-refractivity contribution >= 4 is 0 Å². The molecule has 114 valence electrons. The Balaban J connectivity index is 2.96. The van der Waals surface area contributed by atoms with Crippen molar-refractivity contribution in [1.29, 1.82) is 0 Å². The van der Waals surface area contributed by atoms with Crippen LogP contribution in [0.1, 0.15) is 37.4 Å². The Morgan fingerprint density at radius 1 is 1.30 bits per heavy atom. The average molecular weight is 289 g/mol. The lowest BCUT2D eigenvalue weighted by molar-refractivity contribution is -0.137. The molecular formula is C15H22F3NO. The Labute approximate surface area is 118 Å². The predicted octanol–water partition coefficient (Wildman–Crippen LogP) is 4.03. The molecule has 2 nitrogen and oxygen atoms in total. The van der Waals surface area contributed by atoms with Crippen molar-refractivity contribution in [2.24, 2.45) is 5.92 Å². The summed E-state index contributed by atoms with van der Waals surface area (Å²) in [6.45, 7) is 5.27. The fourth-order valence-electron chi connectivity index (χ4n) is 2.25. The summed E-state index contributed by atoms with van der Waals surface area (Å²) >= 11 is 0. The second-order valence-electron chi connectivity index (χ2n) is 4.92. The van der Waals surface area contributed by atoms with Crippen LogP contribution < -0.4 is 5.32 Å². The van der Waals surface area contributed by atoms with Gasteiger partial charge in [0.05, 0.1) is 5.56 Å². The Morgan fingerprint density at radius 2 is 2.00 bits per heavy atom. The van der Waals surface area contributed by atoms with Crippen LogP contribution in [-0.4, -0.2) is 20.3 Å². The first-order valence-electron chi connectivity index (χ1n) is 6.79. The largest absolute Gasteiger partial charge is 0.416 e. The number of nitrogens with one attached hydrogen (secondary N) is 1. The van der Waals surface area contributed by atoms with Crippen LogP contribution in [0.25, 0.3) is 0 Å². The first kappa shape index (κ1) is 17.0. The second-order valence-corrected chi connectivity index (χ2v) is 4.92. The van der Waals surface area contributed by atoms with Crippen LogP contribution in [0.2, 0.25) is 0 Å². The van der Waals surface area contributed by atoms with Gasteiger partial charge < -0.3 is 10.1 Å². The third-order valence-corrected chi connectivity index (χ3v) is 3.34. The van der Waals surface area contributed by atoms with Crippen LogP contribution in [-0.2, 0) is 10.9 Å². The van der Waals surface area contributed by atoms with Gasteiger partial charge in [0.2, 0.25) is 0 Å². The van der Waals surface area contributed by atoms with Crippen molar-refractivity contribution in [2.45, 2.75) is 32.5 Å². The van der Waals surface area contributed by atoms with Gasteiger partial charge in [0.25, 0.3) is 0 Å². The first-order valence-corrected chi connectivity index (χ1v) is 6.79. The number of alkyl halides is 3. The zero-order chi connectivity index (χ0) is 15.2. The Morgan fingerprint density at radius 3 is 2.55 bits per heavy atom. The molecule has 0 radical (unpaired) electrons. The van der Waals surface area contributed by atoms with E-state index in [1.54, 1.807) is 13.2 Å². The predicted molar refractivity (Wildman–Crippen MR) is 73.5 cm³/mol. The van der Waals surface area contributed by atoms with E-state index < -0.39 is 11.7 Å². The summed E-state index contributed by atoms with van der Waals surface area (Å²) in [5.74, 6) is 0.193. The summed E-state index contributed by atoms with van der Waals surface area (Å²) in [5.41, 5.74) is 0.0714. The Hall–Kier alpha value is -1.07. The monoisotopic (exact) mass is 289 g/mol. The molecule has 0 aliphatic heterocycles. The fourth-order valence-corrected chi connectivity index (χ4v) is 2.25. The van der Waals surface area contributed by atoms with Crippen LogP contribution >= 0.6 is 0 Å². The number of ether oxygens (including phenoxy) is 1. The number of benzene rings is 1. The second kappa shape index (κ2) is 7.64. The van der Waals surface area contributed by atoms with Gasteiger partial charge in [-0.15, -0.1) is 0 Å². The molecule has 0 heterocycles. The highest BCUT2D eigenvalue weighted by Crippen LogP contribution is 2.32. The first-order chi connectivity index (χ1) is 9.40. The van der Waals surface area contributed by atoms with E-state index in [2.05, 4.69) is 5.32 Å². The maximum Gasteiger partial charge on any atom is 0.416 e. The molecule has 1 rings (SSSR count). The molecule has 1 aromatic rings. The molecule has 20 heavy (non-hydrogen) atoms. The zero-order valence-electron chi connectivity index (χ0n) is 12.1. The van der Waals surface area contributed by atoms with Gasteiger partial charge in [-0.3, -0.25) is 0 Å². The summed E-state index contributed by atoms with van der Waals surface area (Å²) in [6, 6.07) is 5.44. The van der Waals surface area contributed by atoms with E-state index in [9.17, 15) is 13.2 Å². The van der Waals surface area contributed by atoms with Crippen molar-refractivity contribution in [1.82, 2.24) is 5.32 Å². The van der Waals surface area contributed by atoms with E-state index in [1.807, 2.05) is 13.8 Å². The van der Waals surface area contributed by atoms with Crippen LogP contribution in [0.15, 0.2) is 24.3 Å². The number of halogens is 3. The summed E-state index contributed by atoms with van der Waals surface area (Å²) in [7, 11) is 1.62. The number of rotatable bonds is 7. The molecule has 1 aromatic carbocycles. The highest BCUT2D eigenvalue weighted by molar-refractivity contribution is 5.28. The lowest BCUT2D eigenvalue weighted by Gasteiger charge is -2.26. The van der Waals surface area contributed by atoms with Gasteiger partial charge in [-0.1, -0.05) is 26.0 Å². The van der Waals surface area contributed by atoms with E-state index >= 15 is 0 Å². The van der Waals surface area contributed by atoms with Crippen LogP contribution in [0, 0.1) is 5.92 Å². The molecule has 1 N–H and O–H groups in total. The lowest BCUT2D eigenvalue weighted by Crippen LogP contribution is -2.27. The SMILES string of the molecule is CCNC(c1cccc(C(F)(F)F)c1)C(C)CCOC. The smallest absolute Gasteiger partial charge is 0.385 e. The lowest BCUT2D eigenvalue weighted by atomic mass is 9.91. The molecule has 0 amide bonds. The molecule has 0 bridgehead atoms. The van der Waals surface area contributed by atoms with Gasteiger partial charge in [-0.2, -0.15) is 13.2 Å². The number of methoxy groups -OCH3 is 1. The van der Waals surface area contributed by atoms with E-state index in [0.717, 1.165) is 12.5 Å². The topological polar surface area (TPSA) is 21.3 Å². The molecule has 0 aromatic heterocycles. The molecular weight excluding hydrogens is 267 g/mol. The fraction of sp³-hybridized carbons (Fsp3) is 0.600. The summed E-state index contributed by atoms with van der Waals surface area (Å²) < 4.78 is 43.4. The third kappa shape index (κ3) is 4.80. The number of hydrogen-bond donors (Lipinski definition) is 1. The minimum atomic E-state index is -4.30. The molecule has 2 unspecified atom stereocenters. The van der Waals surface area contributed by atoms with Crippen molar-refractivity contribution < 1.29 is 17.9 Å². The van der Waals surface area contributed by atoms with Gasteiger partial charge in [-0.05, 0) is 36.6 Å². The van der Waals surface area contributed by atoms with Gasteiger partial charge in [-0.25, -0.2) is 0 Å². The standard InChI is InChI=1S/C15H22F3NO/c1-4-19-14(11(2)8-9-20-3)12-6-5-7-13(10-12)15(16,17)18/h5-7,10-11,14,19H,4,8-9H2,1-3H3. The van der Waals surface area contributed by atoms with Crippen molar-refractivity contribution in [3.05, 3.63) is 35.4 Å².